The first-order chi connectivity index (χ1) is 12.2. The van der Waals surface area contributed by atoms with Crippen LogP contribution in [-0.2, 0) is 4.79 Å². The van der Waals surface area contributed by atoms with E-state index in [0.717, 1.165) is 9.75 Å². The highest BCUT2D eigenvalue weighted by molar-refractivity contribution is 7.16. The van der Waals surface area contributed by atoms with Gasteiger partial charge in [-0.05, 0) is 24.3 Å². The fourth-order valence-corrected chi connectivity index (χ4v) is 4.15. The van der Waals surface area contributed by atoms with Crippen LogP contribution in [0.2, 0.25) is 0 Å². The predicted molar refractivity (Wildman–Crippen MR) is 106 cm³/mol. The van der Waals surface area contributed by atoms with Crippen LogP contribution in [0.1, 0.15) is 25.6 Å². The summed E-state index contributed by atoms with van der Waals surface area (Å²) in [6.07, 6.45) is 3.24. The highest BCUT2D eigenvalue weighted by Gasteiger charge is 2.18. The van der Waals surface area contributed by atoms with Crippen molar-refractivity contribution in [1.29, 1.82) is 0 Å². The van der Waals surface area contributed by atoms with Crippen LogP contribution in [0, 0.1) is 11.2 Å². The fraction of sp³-hybridized carbons (Fsp3) is 0.200. The second-order valence-corrected chi connectivity index (χ2v) is 9.07. The second-order valence-electron chi connectivity index (χ2n) is 6.87. The van der Waals surface area contributed by atoms with Crippen molar-refractivity contribution in [3.63, 3.8) is 0 Å². The van der Waals surface area contributed by atoms with Gasteiger partial charge in [0.25, 0.3) is 5.56 Å². The number of benzene rings is 1. The quantitative estimate of drug-likeness (QED) is 0.747. The standard InChI is InChI=1S/C20H18FNO2S2/c1-20(2,3)17(23)11-18-22-19(24)16(26-18)10-12-8-9-15(25-12)13-6-4-5-7-14(13)21/h4-11H,1-3H3,(H,22,24)/b16-10+,18-11+. The Balaban J connectivity index is 1.98. The number of aromatic amines is 1. The summed E-state index contributed by atoms with van der Waals surface area (Å²) >= 11 is 2.65. The molecule has 134 valence electrons. The molecule has 0 saturated carbocycles. The molecule has 0 amide bonds. The Hall–Kier alpha value is -2.31. The SMILES string of the molecule is CC(C)(C)C(=O)/C=c1\[nH]c(=O)/c(=C\c2ccc(-c3ccccc3F)s2)s1. The molecular weight excluding hydrogens is 369 g/mol. The molecule has 2 heterocycles. The van der Waals surface area contributed by atoms with Crippen molar-refractivity contribution in [2.24, 2.45) is 5.41 Å². The molecule has 0 bridgehead atoms. The molecule has 3 rings (SSSR count). The lowest BCUT2D eigenvalue weighted by Gasteiger charge is -2.12. The summed E-state index contributed by atoms with van der Waals surface area (Å²) in [5, 5.41) is 0. The molecule has 6 heteroatoms. The molecular formula is C20H18FNO2S2. The summed E-state index contributed by atoms with van der Waals surface area (Å²) in [7, 11) is 0. The maximum absolute atomic E-state index is 13.9. The van der Waals surface area contributed by atoms with E-state index in [1.54, 1.807) is 24.3 Å². The molecule has 3 aromatic rings. The number of thiophene rings is 1. The van der Waals surface area contributed by atoms with Gasteiger partial charge >= 0.3 is 0 Å². The number of rotatable bonds is 3. The van der Waals surface area contributed by atoms with E-state index in [4.69, 9.17) is 0 Å². The van der Waals surface area contributed by atoms with Gasteiger partial charge < -0.3 is 4.98 Å². The van der Waals surface area contributed by atoms with Crippen molar-refractivity contribution in [1.82, 2.24) is 4.98 Å². The number of aromatic nitrogens is 1. The number of halogens is 1. The van der Waals surface area contributed by atoms with Gasteiger partial charge in [-0.15, -0.1) is 22.7 Å². The van der Waals surface area contributed by atoms with E-state index >= 15 is 0 Å². The van der Waals surface area contributed by atoms with Gasteiger partial charge in [-0.25, -0.2) is 4.39 Å². The van der Waals surface area contributed by atoms with E-state index in [9.17, 15) is 14.0 Å². The zero-order valence-corrected chi connectivity index (χ0v) is 16.3. The Kier molecular flexibility index (Phi) is 5.07. The van der Waals surface area contributed by atoms with E-state index in [-0.39, 0.29) is 17.2 Å². The predicted octanol–water partition coefficient (Wildman–Crippen LogP) is 3.53. The van der Waals surface area contributed by atoms with Crippen molar-refractivity contribution in [3.05, 3.63) is 66.6 Å². The van der Waals surface area contributed by atoms with Crippen LogP contribution in [0.4, 0.5) is 4.39 Å². The average molecular weight is 388 g/mol. The molecule has 2 aromatic heterocycles. The molecule has 0 spiro atoms. The number of ketones is 1. The minimum Gasteiger partial charge on any atom is -0.313 e. The van der Waals surface area contributed by atoms with Crippen molar-refractivity contribution < 1.29 is 9.18 Å². The smallest absolute Gasteiger partial charge is 0.266 e. The van der Waals surface area contributed by atoms with Crippen molar-refractivity contribution >= 4 is 40.6 Å². The fourth-order valence-electron chi connectivity index (χ4n) is 2.23. The third kappa shape index (κ3) is 4.08. The minimum atomic E-state index is -0.493. The molecule has 3 nitrogen and oxygen atoms in total. The number of hydrogen-bond donors (Lipinski definition) is 1. The summed E-state index contributed by atoms with van der Waals surface area (Å²) < 4.78 is 15.0. The van der Waals surface area contributed by atoms with Crippen molar-refractivity contribution in [3.8, 4) is 10.4 Å². The zero-order chi connectivity index (χ0) is 18.9. The van der Waals surface area contributed by atoms with E-state index < -0.39 is 5.41 Å². The Morgan fingerprint density at radius 2 is 1.85 bits per heavy atom. The van der Waals surface area contributed by atoms with E-state index in [1.807, 2.05) is 32.9 Å². The van der Waals surface area contributed by atoms with Gasteiger partial charge in [-0.1, -0.05) is 39.0 Å². The number of carbonyl (C=O) groups is 1. The lowest BCUT2D eigenvalue weighted by atomic mass is 9.91. The summed E-state index contributed by atoms with van der Waals surface area (Å²) in [6, 6.07) is 10.3. The minimum absolute atomic E-state index is 0.0421. The van der Waals surface area contributed by atoms with Crippen LogP contribution in [0.3, 0.4) is 0 Å². The Labute approximate surface area is 158 Å². The van der Waals surface area contributed by atoms with Gasteiger partial charge in [0.1, 0.15) is 5.82 Å². The van der Waals surface area contributed by atoms with Crippen LogP contribution in [0.5, 0.6) is 0 Å². The molecule has 0 fully saturated rings. The third-order valence-electron chi connectivity index (χ3n) is 3.72. The van der Waals surface area contributed by atoms with Gasteiger partial charge in [-0.3, -0.25) is 9.59 Å². The Morgan fingerprint density at radius 3 is 2.54 bits per heavy atom. The van der Waals surface area contributed by atoms with Gasteiger partial charge in [0.2, 0.25) is 0 Å². The zero-order valence-electron chi connectivity index (χ0n) is 14.6. The number of Topliss-reactive ketones (excluding diaryl/α,β-unsaturated/α-hetero) is 1. The summed E-state index contributed by atoms with van der Waals surface area (Å²) in [6.45, 7) is 5.50. The number of hydrogen-bond acceptors (Lipinski definition) is 4. The first-order valence-corrected chi connectivity index (χ1v) is 9.69. The Bertz CT molecular complexity index is 1130. The van der Waals surface area contributed by atoms with Crippen LogP contribution < -0.4 is 14.8 Å². The highest BCUT2D eigenvalue weighted by atomic mass is 32.1. The molecule has 0 atom stereocenters. The Morgan fingerprint density at radius 1 is 1.12 bits per heavy atom. The third-order valence-corrected chi connectivity index (χ3v) is 5.75. The molecule has 26 heavy (non-hydrogen) atoms. The van der Waals surface area contributed by atoms with Gasteiger partial charge in [0.15, 0.2) is 5.78 Å². The molecule has 1 aromatic carbocycles. The first-order valence-electron chi connectivity index (χ1n) is 8.06. The normalized spacial score (nSPS) is 13.4. The number of H-pyrrole nitrogens is 1. The maximum Gasteiger partial charge on any atom is 0.266 e. The molecule has 0 aliphatic heterocycles. The van der Waals surface area contributed by atoms with Crippen LogP contribution >= 0.6 is 22.7 Å². The second kappa shape index (κ2) is 7.13. The first kappa shape index (κ1) is 18.5. The van der Waals surface area contributed by atoms with Crippen LogP contribution in [0.15, 0.2) is 41.2 Å². The van der Waals surface area contributed by atoms with E-state index in [1.165, 1.54) is 34.8 Å². The molecule has 0 aliphatic carbocycles. The van der Waals surface area contributed by atoms with Gasteiger partial charge in [0.05, 0.1) is 9.20 Å². The topological polar surface area (TPSA) is 49.9 Å². The lowest BCUT2D eigenvalue weighted by Crippen LogP contribution is -2.21. The monoisotopic (exact) mass is 387 g/mol. The highest BCUT2D eigenvalue weighted by Crippen LogP contribution is 2.30. The van der Waals surface area contributed by atoms with Crippen molar-refractivity contribution in [2.75, 3.05) is 0 Å². The number of nitrogens with one attached hydrogen (secondary N) is 1. The molecule has 1 N–H and O–H groups in total. The van der Waals surface area contributed by atoms with E-state index in [0.29, 0.717) is 14.8 Å². The molecule has 0 saturated heterocycles. The van der Waals surface area contributed by atoms with Gasteiger partial charge in [-0.2, -0.15) is 0 Å². The maximum atomic E-state index is 13.9. The summed E-state index contributed by atoms with van der Waals surface area (Å²) in [5.41, 5.74) is -0.182. The molecule has 0 unspecified atom stereocenters. The number of carbonyl (C=O) groups excluding carboxylic acids is 1. The van der Waals surface area contributed by atoms with Crippen LogP contribution in [-0.4, -0.2) is 10.8 Å². The van der Waals surface area contributed by atoms with Crippen LogP contribution in [0.25, 0.3) is 22.6 Å². The molecule has 0 radical (unpaired) electrons. The average Bonchev–Trinajstić information content (AvgIpc) is 3.14. The van der Waals surface area contributed by atoms with Gasteiger partial charge in [0, 0.05) is 26.8 Å². The summed E-state index contributed by atoms with van der Waals surface area (Å²) in [5.74, 6) is -0.313. The number of thiazole rings is 1. The van der Waals surface area contributed by atoms with Crippen molar-refractivity contribution in [2.45, 2.75) is 20.8 Å². The molecule has 0 aliphatic rings. The summed E-state index contributed by atoms with van der Waals surface area (Å²) in [4.78, 5) is 28.6. The van der Waals surface area contributed by atoms with E-state index in [2.05, 4.69) is 4.98 Å². The lowest BCUT2D eigenvalue weighted by molar-refractivity contribution is -0.119. The largest absolute Gasteiger partial charge is 0.313 e.